The van der Waals surface area contributed by atoms with Crippen molar-refractivity contribution in [1.29, 1.82) is 0 Å². The summed E-state index contributed by atoms with van der Waals surface area (Å²) in [4.78, 5) is 0. The van der Waals surface area contributed by atoms with Crippen LogP contribution in [-0.4, -0.2) is 29.4 Å². The lowest BCUT2D eigenvalue weighted by Gasteiger charge is -2.16. The van der Waals surface area contributed by atoms with E-state index in [4.69, 9.17) is 4.55 Å². The van der Waals surface area contributed by atoms with Gasteiger partial charge in [0.25, 0.3) is 10.1 Å². The van der Waals surface area contributed by atoms with Gasteiger partial charge in [0.2, 0.25) is 0 Å². The molecule has 0 rings (SSSR count). The molecule has 4 nitrogen and oxygen atoms in total. The molecule has 116 valence electrons. The molecule has 0 aliphatic carbocycles. The molecule has 2 N–H and O–H groups in total. The van der Waals surface area contributed by atoms with Gasteiger partial charge in [0, 0.05) is 0 Å². The Hall–Kier alpha value is -0.130. The normalized spacial score (nSPS) is 15.4. The second kappa shape index (κ2) is 10.6. The lowest BCUT2D eigenvalue weighted by atomic mass is 10.0. The highest BCUT2D eigenvalue weighted by molar-refractivity contribution is 7.86. The van der Waals surface area contributed by atoms with Crippen molar-refractivity contribution in [1.82, 2.24) is 0 Å². The summed E-state index contributed by atoms with van der Waals surface area (Å²) in [5.74, 6) is 0. The summed E-state index contributed by atoms with van der Waals surface area (Å²) in [5.41, 5.74) is 0. The van der Waals surface area contributed by atoms with Crippen LogP contribution in [-0.2, 0) is 10.1 Å². The van der Waals surface area contributed by atoms with Crippen molar-refractivity contribution in [2.24, 2.45) is 0 Å². The van der Waals surface area contributed by atoms with Gasteiger partial charge in [-0.25, -0.2) is 0 Å². The predicted molar refractivity (Wildman–Crippen MR) is 78.9 cm³/mol. The number of aliphatic hydroxyl groups excluding tert-OH is 1. The minimum absolute atomic E-state index is 0.144. The van der Waals surface area contributed by atoms with Crippen LogP contribution in [0.4, 0.5) is 0 Å². The van der Waals surface area contributed by atoms with Crippen molar-refractivity contribution in [2.45, 2.75) is 89.4 Å². The highest BCUT2D eigenvalue weighted by Crippen LogP contribution is 2.16. The van der Waals surface area contributed by atoms with Crippen LogP contribution < -0.4 is 0 Å². The van der Waals surface area contributed by atoms with Gasteiger partial charge in [0.15, 0.2) is 0 Å². The number of unbranched alkanes of at least 4 members (excludes halogenated alkanes) is 6. The monoisotopic (exact) mass is 294 g/mol. The van der Waals surface area contributed by atoms with E-state index in [1.807, 2.05) is 0 Å². The van der Waals surface area contributed by atoms with E-state index in [2.05, 4.69) is 6.92 Å². The third kappa shape index (κ3) is 10.3. The molecule has 0 bridgehead atoms. The molecule has 0 aromatic carbocycles. The Balaban J connectivity index is 3.66. The Morgan fingerprint density at radius 3 is 1.95 bits per heavy atom. The Bertz CT molecular complexity index is 301. The molecule has 0 aliphatic rings. The summed E-state index contributed by atoms with van der Waals surface area (Å²) in [6.07, 6.45) is 8.73. The fraction of sp³-hybridized carbons (Fsp3) is 1.00. The zero-order valence-electron chi connectivity index (χ0n) is 12.3. The number of hydrogen-bond donors (Lipinski definition) is 2. The Morgan fingerprint density at radius 2 is 1.47 bits per heavy atom. The van der Waals surface area contributed by atoms with Crippen molar-refractivity contribution in [3.63, 3.8) is 0 Å². The summed E-state index contributed by atoms with van der Waals surface area (Å²) in [6.45, 7) is 3.90. The Labute approximate surface area is 118 Å². The topological polar surface area (TPSA) is 74.6 Å². The van der Waals surface area contributed by atoms with Crippen LogP contribution in [0.25, 0.3) is 0 Å². The first-order valence-corrected chi connectivity index (χ1v) is 9.06. The quantitative estimate of drug-likeness (QED) is 0.426. The van der Waals surface area contributed by atoms with E-state index in [0.29, 0.717) is 12.8 Å². The SMILES string of the molecule is CCCCCCCCCC(O)CC(CC)S(=O)(=O)O. The Morgan fingerprint density at radius 1 is 0.947 bits per heavy atom. The molecule has 19 heavy (non-hydrogen) atoms. The van der Waals surface area contributed by atoms with Gasteiger partial charge in [-0.15, -0.1) is 0 Å². The van der Waals surface area contributed by atoms with Crippen LogP contribution in [0.15, 0.2) is 0 Å². The van der Waals surface area contributed by atoms with E-state index in [-0.39, 0.29) is 6.42 Å². The van der Waals surface area contributed by atoms with E-state index < -0.39 is 21.5 Å². The summed E-state index contributed by atoms with van der Waals surface area (Å²) in [7, 11) is -4.02. The zero-order chi connectivity index (χ0) is 14.7. The second-order valence-corrected chi connectivity index (χ2v) is 7.04. The minimum atomic E-state index is -4.02. The van der Waals surface area contributed by atoms with Gasteiger partial charge in [-0.3, -0.25) is 4.55 Å². The van der Waals surface area contributed by atoms with Crippen LogP contribution >= 0.6 is 0 Å². The molecule has 5 heteroatoms. The first kappa shape index (κ1) is 18.9. The molecule has 2 atom stereocenters. The molecule has 0 amide bonds. The average Bonchev–Trinajstić information content (AvgIpc) is 2.33. The highest BCUT2D eigenvalue weighted by atomic mass is 32.2. The van der Waals surface area contributed by atoms with Gasteiger partial charge in [-0.1, -0.05) is 58.8 Å². The zero-order valence-corrected chi connectivity index (χ0v) is 13.2. The Kier molecular flexibility index (Phi) is 10.6. The van der Waals surface area contributed by atoms with Gasteiger partial charge in [0.05, 0.1) is 11.4 Å². The van der Waals surface area contributed by atoms with Crippen LogP contribution in [0.5, 0.6) is 0 Å². The van der Waals surface area contributed by atoms with E-state index in [1.165, 1.54) is 32.1 Å². The second-order valence-electron chi connectivity index (χ2n) is 5.34. The van der Waals surface area contributed by atoms with E-state index >= 15 is 0 Å². The van der Waals surface area contributed by atoms with Crippen molar-refractivity contribution in [3.8, 4) is 0 Å². The molecule has 0 aliphatic heterocycles. The lowest BCUT2D eigenvalue weighted by Crippen LogP contribution is -2.25. The molecule has 0 aromatic heterocycles. The van der Waals surface area contributed by atoms with Crippen LogP contribution in [0, 0.1) is 0 Å². The summed E-state index contributed by atoms with van der Waals surface area (Å²) >= 11 is 0. The summed E-state index contributed by atoms with van der Waals surface area (Å²) < 4.78 is 31.0. The maximum absolute atomic E-state index is 11.0. The largest absolute Gasteiger partial charge is 0.393 e. The molecule has 0 spiro atoms. The van der Waals surface area contributed by atoms with Gasteiger partial charge in [-0.2, -0.15) is 8.42 Å². The molecular formula is C14H30O4S. The third-order valence-corrected chi connectivity index (χ3v) is 4.92. The maximum atomic E-state index is 11.0. The number of aliphatic hydroxyl groups is 1. The highest BCUT2D eigenvalue weighted by Gasteiger charge is 2.23. The van der Waals surface area contributed by atoms with Crippen molar-refractivity contribution in [3.05, 3.63) is 0 Å². The first-order valence-electron chi connectivity index (χ1n) is 7.56. The van der Waals surface area contributed by atoms with Crippen molar-refractivity contribution < 1.29 is 18.1 Å². The molecule has 0 saturated carbocycles. The van der Waals surface area contributed by atoms with Gasteiger partial charge >= 0.3 is 0 Å². The molecule has 0 aromatic rings. The number of rotatable bonds is 12. The summed E-state index contributed by atoms with van der Waals surface area (Å²) in [6, 6.07) is 0. The van der Waals surface area contributed by atoms with Crippen molar-refractivity contribution in [2.75, 3.05) is 0 Å². The third-order valence-electron chi connectivity index (χ3n) is 3.55. The molecule has 2 unspecified atom stereocenters. The van der Waals surface area contributed by atoms with E-state index in [0.717, 1.165) is 12.8 Å². The van der Waals surface area contributed by atoms with Crippen LogP contribution in [0.3, 0.4) is 0 Å². The average molecular weight is 294 g/mol. The van der Waals surface area contributed by atoms with Gasteiger partial charge in [-0.05, 0) is 19.3 Å². The molecule has 0 fully saturated rings. The predicted octanol–water partition coefficient (Wildman–Crippen LogP) is 3.54. The molecule has 0 heterocycles. The van der Waals surface area contributed by atoms with Gasteiger partial charge < -0.3 is 5.11 Å². The minimum Gasteiger partial charge on any atom is -0.393 e. The molecule has 0 radical (unpaired) electrons. The maximum Gasteiger partial charge on any atom is 0.267 e. The van der Waals surface area contributed by atoms with Crippen molar-refractivity contribution >= 4 is 10.1 Å². The molecular weight excluding hydrogens is 264 g/mol. The van der Waals surface area contributed by atoms with E-state index in [9.17, 15) is 13.5 Å². The summed E-state index contributed by atoms with van der Waals surface area (Å²) in [5, 5.41) is 8.95. The van der Waals surface area contributed by atoms with E-state index in [1.54, 1.807) is 6.92 Å². The lowest BCUT2D eigenvalue weighted by molar-refractivity contribution is 0.147. The smallest absolute Gasteiger partial charge is 0.267 e. The number of hydrogen-bond acceptors (Lipinski definition) is 3. The first-order chi connectivity index (χ1) is 8.91. The van der Waals surface area contributed by atoms with Crippen LogP contribution in [0.2, 0.25) is 0 Å². The standard InChI is InChI=1S/C14H30O4S/c1-3-5-6-7-8-9-10-11-13(15)12-14(4-2)19(16,17)18/h13-15H,3-12H2,1-2H3,(H,16,17,18). The fourth-order valence-electron chi connectivity index (χ4n) is 2.26. The molecule has 0 saturated heterocycles. The van der Waals surface area contributed by atoms with Crippen LogP contribution in [0.1, 0.15) is 78.1 Å². The fourth-order valence-corrected chi connectivity index (χ4v) is 3.14. The van der Waals surface area contributed by atoms with Gasteiger partial charge in [0.1, 0.15) is 0 Å².